The summed E-state index contributed by atoms with van der Waals surface area (Å²) in [5.74, 6) is 2.06. The number of halogens is 1. The van der Waals surface area contributed by atoms with Crippen LogP contribution >= 0.6 is 11.6 Å². The van der Waals surface area contributed by atoms with Crippen LogP contribution in [0.3, 0.4) is 0 Å². The summed E-state index contributed by atoms with van der Waals surface area (Å²) in [6, 6.07) is 15.2. The minimum atomic E-state index is -0.0280. The van der Waals surface area contributed by atoms with Crippen LogP contribution in [0.1, 0.15) is 37.3 Å². The molecular weight excluding hydrogens is 440 g/mol. The molecular formula is C25H29ClN4O3. The summed E-state index contributed by atoms with van der Waals surface area (Å²) >= 11 is 6.08. The lowest BCUT2D eigenvalue weighted by Gasteiger charge is -2.25. The van der Waals surface area contributed by atoms with E-state index in [9.17, 15) is 4.79 Å². The third-order valence-corrected chi connectivity index (χ3v) is 6.32. The Morgan fingerprint density at radius 2 is 1.94 bits per heavy atom. The normalized spacial score (nSPS) is 15.8. The Balaban J connectivity index is 1.31. The summed E-state index contributed by atoms with van der Waals surface area (Å²) in [7, 11) is 1.65. The molecule has 1 aliphatic rings. The molecule has 1 unspecified atom stereocenters. The van der Waals surface area contributed by atoms with Crippen LogP contribution in [-0.2, 0) is 11.2 Å². The molecule has 1 saturated heterocycles. The number of aryl methyl sites for hydroxylation is 1. The van der Waals surface area contributed by atoms with E-state index < -0.39 is 0 Å². The second-order valence-corrected chi connectivity index (χ2v) is 8.69. The van der Waals surface area contributed by atoms with Crippen molar-refractivity contribution in [2.24, 2.45) is 0 Å². The first-order valence-electron chi connectivity index (χ1n) is 11.3. The van der Waals surface area contributed by atoms with Gasteiger partial charge in [0.25, 0.3) is 0 Å². The molecule has 2 heterocycles. The van der Waals surface area contributed by atoms with E-state index >= 15 is 0 Å². The number of rotatable bonds is 7. The molecule has 1 fully saturated rings. The van der Waals surface area contributed by atoms with E-state index in [4.69, 9.17) is 20.8 Å². The molecule has 1 aromatic heterocycles. The van der Waals surface area contributed by atoms with Crippen LogP contribution in [0.5, 0.6) is 5.75 Å². The zero-order valence-corrected chi connectivity index (χ0v) is 19.8. The fourth-order valence-corrected chi connectivity index (χ4v) is 4.26. The minimum Gasteiger partial charge on any atom is -0.497 e. The minimum absolute atomic E-state index is 0.0280. The van der Waals surface area contributed by atoms with E-state index in [0.29, 0.717) is 29.8 Å². The Morgan fingerprint density at radius 1 is 1.12 bits per heavy atom. The van der Waals surface area contributed by atoms with Crippen molar-refractivity contribution in [1.82, 2.24) is 20.0 Å². The van der Waals surface area contributed by atoms with Crippen LogP contribution < -0.4 is 4.74 Å². The monoisotopic (exact) mass is 468 g/mol. The SMILES string of the molecule is COc1ccc(CCC(=O)N2CCCN(C(C)c3nnc(-c4cccc(Cl)c4)o3)CC2)cc1. The van der Waals surface area contributed by atoms with Gasteiger partial charge in [-0.05, 0) is 55.7 Å². The predicted molar refractivity (Wildman–Crippen MR) is 127 cm³/mol. The Morgan fingerprint density at radius 3 is 2.70 bits per heavy atom. The molecule has 0 bridgehead atoms. The van der Waals surface area contributed by atoms with Gasteiger partial charge < -0.3 is 14.1 Å². The van der Waals surface area contributed by atoms with Crippen molar-refractivity contribution < 1.29 is 13.9 Å². The van der Waals surface area contributed by atoms with Crippen LogP contribution in [0, 0.1) is 0 Å². The number of carbonyl (C=O) groups is 1. The van der Waals surface area contributed by atoms with E-state index in [-0.39, 0.29) is 11.9 Å². The van der Waals surface area contributed by atoms with Crippen molar-refractivity contribution in [3.05, 3.63) is 65.0 Å². The fraction of sp³-hybridized carbons (Fsp3) is 0.400. The highest BCUT2D eigenvalue weighted by Gasteiger charge is 2.26. The van der Waals surface area contributed by atoms with E-state index in [2.05, 4.69) is 22.0 Å². The lowest BCUT2D eigenvalue weighted by Crippen LogP contribution is -2.36. The lowest BCUT2D eigenvalue weighted by atomic mass is 10.1. The van der Waals surface area contributed by atoms with Crippen LogP contribution in [0.15, 0.2) is 52.9 Å². The van der Waals surface area contributed by atoms with E-state index in [0.717, 1.165) is 49.4 Å². The zero-order chi connectivity index (χ0) is 23.2. The van der Waals surface area contributed by atoms with Crippen LogP contribution in [-0.4, -0.2) is 59.2 Å². The standard InChI is InChI=1S/C25H29ClN4O3/c1-18(24-27-28-25(33-24)20-5-3-6-21(26)17-20)29-13-4-14-30(16-15-29)23(31)12-9-19-7-10-22(32-2)11-8-19/h3,5-8,10-11,17-18H,4,9,12-16H2,1-2H3. The van der Waals surface area contributed by atoms with Crippen molar-refractivity contribution in [3.63, 3.8) is 0 Å². The van der Waals surface area contributed by atoms with Crippen LogP contribution in [0.25, 0.3) is 11.5 Å². The van der Waals surface area contributed by atoms with Gasteiger partial charge in [0.2, 0.25) is 17.7 Å². The summed E-state index contributed by atoms with van der Waals surface area (Å²) < 4.78 is 11.1. The van der Waals surface area contributed by atoms with E-state index in [1.165, 1.54) is 0 Å². The predicted octanol–water partition coefficient (Wildman–Crippen LogP) is 4.63. The van der Waals surface area contributed by atoms with Crippen molar-refractivity contribution in [1.29, 1.82) is 0 Å². The molecule has 0 spiro atoms. The molecule has 174 valence electrons. The number of hydrogen-bond acceptors (Lipinski definition) is 6. The van der Waals surface area contributed by atoms with Crippen molar-refractivity contribution in [3.8, 4) is 17.2 Å². The largest absolute Gasteiger partial charge is 0.497 e. The highest BCUT2D eigenvalue weighted by atomic mass is 35.5. The molecule has 0 saturated carbocycles. The van der Waals surface area contributed by atoms with Crippen molar-refractivity contribution in [2.75, 3.05) is 33.3 Å². The van der Waals surface area contributed by atoms with Gasteiger partial charge in [-0.2, -0.15) is 0 Å². The molecule has 1 aliphatic heterocycles. The highest BCUT2D eigenvalue weighted by Crippen LogP contribution is 2.26. The quantitative estimate of drug-likeness (QED) is 0.503. The maximum Gasteiger partial charge on any atom is 0.247 e. The zero-order valence-electron chi connectivity index (χ0n) is 19.0. The molecule has 7 nitrogen and oxygen atoms in total. The molecule has 1 atom stereocenters. The Labute approximate surface area is 199 Å². The van der Waals surface area contributed by atoms with Gasteiger partial charge in [-0.3, -0.25) is 9.69 Å². The smallest absolute Gasteiger partial charge is 0.247 e. The molecule has 0 aliphatic carbocycles. The second-order valence-electron chi connectivity index (χ2n) is 8.25. The number of benzene rings is 2. The second kappa shape index (κ2) is 10.8. The van der Waals surface area contributed by atoms with Gasteiger partial charge in [-0.25, -0.2) is 0 Å². The average molecular weight is 469 g/mol. The van der Waals surface area contributed by atoms with Crippen LogP contribution in [0.4, 0.5) is 0 Å². The third-order valence-electron chi connectivity index (χ3n) is 6.09. The number of aromatic nitrogens is 2. The summed E-state index contributed by atoms with van der Waals surface area (Å²) in [4.78, 5) is 17.1. The molecule has 0 radical (unpaired) electrons. The first-order valence-corrected chi connectivity index (χ1v) is 11.7. The highest BCUT2D eigenvalue weighted by molar-refractivity contribution is 6.30. The number of methoxy groups -OCH3 is 1. The lowest BCUT2D eigenvalue weighted by molar-refractivity contribution is -0.131. The van der Waals surface area contributed by atoms with Gasteiger partial charge in [0, 0.05) is 43.2 Å². The molecule has 4 rings (SSSR count). The van der Waals surface area contributed by atoms with Crippen LogP contribution in [0.2, 0.25) is 5.02 Å². The number of nitrogens with zero attached hydrogens (tertiary/aromatic N) is 4. The number of carbonyl (C=O) groups excluding carboxylic acids is 1. The summed E-state index contributed by atoms with van der Waals surface area (Å²) in [5.41, 5.74) is 1.94. The van der Waals surface area contributed by atoms with E-state index in [1.54, 1.807) is 7.11 Å². The topological polar surface area (TPSA) is 71.7 Å². The van der Waals surface area contributed by atoms with E-state index in [1.807, 2.05) is 53.4 Å². The maximum absolute atomic E-state index is 12.8. The third kappa shape index (κ3) is 5.92. The van der Waals surface area contributed by atoms with Gasteiger partial charge in [-0.1, -0.05) is 29.8 Å². The van der Waals surface area contributed by atoms with Gasteiger partial charge in [-0.15, -0.1) is 10.2 Å². The molecule has 0 N–H and O–H groups in total. The first-order chi connectivity index (χ1) is 16.0. The van der Waals surface area contributed by atoms with Crippen molar-refractivity contribution >= 4 is 17.5 Å². The fourth-order valence-electron chi connectivity index (χ4n) is 4.07. The Hall–Kier alpha value is -2.90. The number of hydrogen-bond donors (Lipinski definition) is 0. The number of ether oxygens (including phenoxy) is 1. The molecule has 2 aromatic carbocycles. The molecule has 8 heteroatoms. The van der Waals surface area contributed by atoms with Gasteiger partial charge in [0.1, 0.15) is 5.75 Å². The number of amides is 1. The van der Waals surface area contributed by atoms with Crippen molar-refractivity contribution in [2.45, 2.75) is 32.2 Å². The summed E-state index contributed by atoms with van der Waals surface area (Å²) in [5, 5.41) is 9.10. The molecule has 33 heavy (non-hydrogen) atoms. The average Bonchev–Trinajstić information content (AvgIpc) is 3.20. The molecule has 3 aromatic rings. The van der Waals surface area contributed by atoms with Gasteiger partial charge in [0.05, 0.1) is 13.2 Å². The Kier molecular flexibility index (Phi) is 7.62. The maximum atomic E-state index is 12.8. The molecule has 1 amide bonds. The van der Waals surface area contributed by atoms with Gasteiger partial charge in [0.15, 0.2) is 0 Å². The summed E-state index contributed by atoms with van der Waals surface area (Å²) in [6.45, 7) is 5.17. The Bertz CT molecular complexity index is 1070. The summed E-state index contributed by atoms with van der Waals surface area (Å²) in [6.07, 6.45) is 2.15. The first kappa shape index (κ1) is 23.3. The van der Waals surface area contributed by atoms with Gasteiger partial charge >= 0.3 is 0 Å².